The quantitative estimate of drug-likeness (QED) is 0.593. The molecule has 0 N–H and O–H groups in total. The predicted molar refractivity (Wildman–Crippen MR) is 94.7 cm³/mol. The molecule has 4 nitrogen and oxygen atoms in total. The second-order valence-corrected chi connectivity index (χ2v) is 5.94. The molecule has 122 valence electrons. The third-order valence-corrected chi connectivity index (χ3v) is 4.17. The van der Waals surface area contributed by atoms with Crippen LogP contribution < -0.4 is 4.74 Å². The van der Waals surface area contributed by atoms with Crippen LogP contribution in [0.3, 0.4) is 0 Å². The van der Waals surface area contributed by atoms with Crippen LogP contribution in [0.1, 0.15) is 11.1 Å². The summed E-state index contributed by atoms with van der Waals surface area (Å²) in [5.41, 5.74) is 1.93. The maximum Gasteiger partial charge on any atom is 0.363 e. The summed E-state index contributed by atoms with van der Waals surface area (Å²) >= 11 is 11.9. The van der Waals surface area contributed by atoms with Gasteiger partial charge >= 0.3 is 5.97 Å². The van der Waals surface area contributed by atoms with E-state index in [-0.39, 0.29) is 5.70 Å². The van der Waals surface area contributed by atoms with E-state index in [4.69, 9.17) is 32.7 Å². The topological polar surface area (TPSA) is 47.9 Å². The number of cyclic esters (lactones) is 1. The van der Waals surface area contributed by atoms with Gasteiger partial charge in [-0.05, 0) is 41.5 Å². The number of benzene rings is 2. The van der Waals surface area contributed by atoms with E-state index in [1.54, 1.807) is 31.4 Å². The number of halogens is 2. The summed E-state index contributed by atoms with van der Waals surface area (Å²) in [4.78, 5) is 16.2. The van der Waals surface area contributed by atoms with E-state index in [2.05, 4.69) is 4.99 Å². The number of carbonyl (C=O) groups excluding carboxylic acids is 1. The fourth-order valence-electron chi connectivity index (χ4n) is 2.21. The van der Waals surface area contributed by atoms with Crippen molar-refractivity contribution >= 4 is 41.1 Å². The first-order chi connectivity index (χ1) is 11.5. The fourth-order valence-corrected chi connectivity index (χ4v) is 2.51. The number of methoxy groups -OCH3 is 1. The van der Waals surface area contributed by atoms with Gasteiger partial charge in [-0.1, -0.05) is 41.4 Å². The number of nitrogens with zero attached hydrogens (tertiary/aromatic N) is 1. The maximum absolute atomic E-state index is 11.9. The zero-order valence-corrected chi connectivity index (χ0v) is 14.3. The average Bonchev–Trinajstić information content (AvgIpc) is 2.91. The van der Waals surface area contributed by atoms with Crippen LogP contribution in [-0.4, -0.2) is 19.0 Å². The number of rotatable bonds is 4. The van der Waals surface area contributed by atoms with Crippen LogP contribution in [0.15, 0.2) is 53.2 Å². The van der Waals surface area contributed by atoms with Crippen LogP contribution in [0.5, 0.6) is 5.75 Å². The summed E-state index contributed by atoms with van der Waals surface area (Å²) in [6, 6.07) is 12.6. The van der Waals surface area contributed by atoms with Crippen LogP contribution in [0.4, 0.5) is 0 Å². The van der Waals surface area contributed by atoms with Crippen molar-refractivity contribution in [3.05, 3.63) is 69.3 Å². The Hall–Kier alpha value is -2.30. The van der Waals surface area contributed by atoms with Crippen LogP contribution in [0, 0.1) is 0 Å². The molecule has 0 aliphatic carbocycles. The highest BCUT2D eigenvalue weighted by Crippen LogP contribution is 2.25. The van der Waals surface area contributed by atoms with Crippen molar-refractivity contribution < 1.29 is 14.3 Å². The van der Waals surface area contributed by atoms with Crippen LogP contribution in [0.2, 0.25) is 10.0 Å². The molecule has 3 rings (SSSR count). The monoisotopic (exact) mass is 361 g/mol. The molecule has 2 aromatic carbocycles. The van der Waals surface area contributed by atoms with Gasteiger partial charge in [0.25, 0.3) is 0 Å². The Bertz CT molecular complexity index is 842. The predicted octanol–water partition coefficient (Wildman–Crippen LogP) is 4.54. The van der Waals surface area contributed by atoms with Crippen molar-refractivity contribution in [2.75, 3.05) is 7.11 Å². The first-order valence-electron chi connectivity index (χ1n) is 7.14. The molecule has 0 atom stereocenters. The van der Waals surface area contributed by atoms with Gasteiger partial charge in [-0.2, -0.15) is 0 Å². The molecular formula is C18H13Cl2NO3. The zero-order valence-electron chi connectivity index (χ0n) is 12.8. The number of esters is 1. The Morgan fingerprint density at radius 2 is 1.88 bits per heavy atom. The molecule has 6 heteroatoms. The number of aliphatic imine (C=N–C) groups is 1. The Kier molecular flexibility index (Phi) is 4.88. The zero-order chi connectivity index (χ0) is 17.1. The lowest BCUT2D eigenvalue weighted by Crippen LogP contribution is -2.06. The lowest BCUT2D eigenvalue weighted by atomic mass is 10.1. The third kappa shape index (κ3) is 3.78. The summed E-state index contributed by atoms with van der Waals surface area (Å²) in [7, 11) is 1.61. The Morgan fingerprint density at radius 1 is 1.12 bits per heavy atom. The fraction of sp³-hybridized carbons (Fsp3) is 0.111. The van der Waals surface area contributed by atoms with Gasteiger partial charge in [0, 0.05) is 6.42 Å². The molecule has 0 radical (unpaired) electrons. The summed E-state index contributed by atoms with van der Waals surface area (Å²) < 4.78 is 10.3. The minimum Gasteiger partial charge on any atom is -0.497 e. The van der Waals surface area contributed by atoms with Gasteiger partial charge in [0.2, 0.25) is 5.90 Å². The number of hydrogen-bond donors (Lipinski definition) is 0. The minimum atomic E-state index is -0.482. The van der Waals surface area contributed by atoms with Crippen LogP contribution >= 0.6 is 23.2 Å². The molecule has 0 aromatic heterocycles. The summed E-state index contributed by atoms with van der Waals surface area (Å²) in [5.74, 6) is 0.644. The van der Waals surface area contributed by atoms with E-state index in [0.717, 1.165) is 16.9 Å². The molecule has 0 spiro atoms. The SMILES string of the molecule is COc1ccc(CC2=N/C(=C/c3ccc(Cl)c(Cl)c3)C(=O)O2)cc1. The molecule has 0 saturated heterocycles. The van der Waals surface area contributed by atoms with Gasteiger partial charge in [0.05, 0.1) is 17.2 Å². The van der Waals surface area contributed by atoms with Gasteiger partial charge in [-0.25, -0.2) is 9.79 Å². The Morgan fingerprint density at radius 3 is 2.54 bits per heavy atom. The highest BCUT2D eigenvalue weighted by Gasteiger charge is 2.23. The molecule has 2 aromatic rings. The van der Waals surface area contributed by atoms with E-state index in [9.17, 15) is 4.79 Å². The second kappa shape index (κ2) is 7.07. The van der Waals surface area contributed by atoms with Gasteiger partial charge in [0.15, 0.2) is 5.70 Å². The van der Waals surface area contributed by atoms with Crippen molar-refractivity contribution in [3.8, 4) is 5.75 Å². The molecule has 0 fully saturated rings. The van der Waals surface area contributed by atoms with Crippen molar-refractivity contribution in [2.24, 2.45) is 4.99 Å². The van der Waals surface area contributed by atoms with Gasteiger partial charge < -0.3 is 9.47 Å². The summed E-state index contributed by atoms with van der Waals surface area (Å²) in [5, 5.41) is 0.872. The normalized spacial score (nSPS) is 15.4. The highest BCUT2D eigenvalue weighted by atomic mass is 35.5. The van der Waals surface area contributed by atoms with Crippen molar-refractivity contribution in [2.45, 2.75) is 6.42 Å². The molecule has 0 amide bonds. The summed E-state index contributed by atoms with van der Waals surface area (Å²) in [6.07, 6.45) is 2.04. The van der Waals surface area contributed by atoms with E-state index in [0.29, 0.717) is 22.4 Å². The standard InChI is InChI=1S/C18H13Cl2NO3/c1-23-13-5-2-11(3-6-13)10-17-21-16(18(22)24-17)9-12-4-7-14(19)15(20)8-12/h2-9H,10H2,1H3/b16-9+. The van der Waals surface area contributed by atoms with Crippen molar-refractivity contribution in [1.82, 2.24) is 0 Å². The van der Waals surface area contributed by atoms with E-state index >= 15 is 0 Å². The maximum atomic E-state index is 11.9. The third-order valence-electron chi connectivity index (χ3n) is 3.43. The van der Waals surface area contributed by atoms with Gasteiger partial charge in [0.1, 0.15) is 5.75 Å². The molecule has 0 unspecified atom stereocenters. The number of ether oxygens (including phenoxy) is 2. The van der Waals surface area contributed by atoms with E-state index in [1.165, 1.54) is 0 Å². The lowest BCUT2D eigenvalue weighted by molar-refractivity contribution is -0.130. The average molecular weight is 362 g/mol. The first kappa shape index (κ1) is 16.6. The first-order valence-corrected chi connectivity index (χ1v) is 7.90. The van der Waals surface area contributed by atoms with Crippen LogP contribution in [0.25, 0.3) is 6.08 Å². The second-order valence-electron chi connectivity index (χ2n) is 5.12. The van der Waals surface area contributed by atoms with Crippen molar-refractivity contribution in [3.63, 3.8) is 0 Å². The smallest absolute Gasteiger partial charge is 0.363 e. The Balaban J connectivity index is 1.78. The molecular weight excluding hydrogens is 349 g/mol. The molecule has 1 aliphatic heterocycles. The van der Waals surface area contributed by atoms with Crippen molar-refractivity contribution in [1.29, 1.82) is 0 Å². The lowest BCUT2D eigenvalue weighted by Gasteiger charge is -2.02. The van der Waals surface area contributed by atoms with E-state index in [1.807, 2.05) is 24.3 Å². The molecule has 0 bridgehead atoms. The molecule has 24 heavy (non-hydrogen) atoms. The largest absolute Gasteiger partial charge is 0.497 e. The minimum absolute atomic E-state index is 0.233. The number of hydrogen-bond acceptors (Lipinski definition) is 4. The molecule has 1 heterocycles. The van der Waals surface area contributed by atoms with Gasteiger partial charge in [-0.3, -0.25) is 0 Å². The Labute approximate surface area is 149 Å². The highest BCUT2D eigenvalue weighted by molar-refractivity contribution is 6.42. The number of carbonyl (C=O) groups is 1. The molecule has 1 aliphatic rings. The van der Waals surface area contributed by atoms with Gasteiger partial charge in [-0.15, -0.1) is 0 Å². The summed E-state index contributed by atoms with van der Waals surface area (Å²) in [6.45, 7) is 0. The van der Waals surface area contributed by atoms with E-state index < -0.39 is 5.97 Å². The van der Waals surface area contributed by atoms with Crippen LogP contribution in [-0.2, 0) is 16.0 Å². The molecule has 0 saturated carbocycles.